The van der Waals surface area contributed by atoms with E-state index in [1.165, 1.54) is 24.5 Å². The van der Waals surface area contributed by atoms with E-state index < -0.39 is 28.4 Å². The molecule has 5 atom stereocenters. The van der Waals surface area contributed by atoms with Crippen molar-refractivity contribution in [3.8, 4) is 0 Å². The molecule has 13 N–H and O–H groups in total. The molecular weight excluding hydrogens is 1690 g/mol. The normalized spacial score (nSPS) is 17.1. The summed E-state index contributed by atoms with van der Waals surface area (Å²) in [6.45, 7) is 36.1. The number of piperidine rings is 5. The van der Waals surface area contributed by atoms with Gasteiger partial charge in [-0.1, -0.05) is 85.4 Å². The van der Waals surface area contributed by atoms with Gasteiger partial charge in [-0.25, -0.2) is 58.3 Å². The summed E-state index contributed by atoms with van der Waals surface area (Å²) in [5.74, 6) is 1.46. The molecule has 0 spiro atoms. The standard InChI is InChI=1S/C19H22N6O.2C18H27N3O3.C17H23NO4.C16H24N2O2.C6H4ClN3.C3H4.CH5N/c1-20-19(26)24-15-6-2-4-13(10-15)14-5-3-9-25(11-14)18-16-7-8-21-17(16)22-12-23-18;2*1-18(2,3)24-17(23)21-10-6-8-14(12-21)13-7-5-9-15(11-13)20-16(22)19-4;1-17(2,3)22-16(21)18-9-5-8-14(11-18)12-6-4-7-13(10-12)15(19)20;1-16(2,3)20-15(19)18-9-5-7-13(11-18)12-6-4-8-14(17)10-12;7-5-4-1-2-8-6(4)10-3-9-5;1-3-2;1-2/h2,4,6-8,10,12,14H,3,5,9,11H2,1H3,(H2,20,24,26)(H,21,22,23);2*5,7,9,11,14H,6,8,10,12H2,1-4H3,(H2,19,20,22);4,6-7,10,14H,5,8-9,11H2,1-3H3,(H,19,20);4,6,8,10,13H,5,7,9,11,17H2,1-3H3;1-3H,(H,8,9,10);1-2H2;2H2,1H3. The number of carboxylic acids is 1. The molecule has 5 aliphatic rings. The van der Waals surface area contributed by atoms with Gasteiger partial charge in [0.15, 0.2) is 0 Å². The lowest BCUT2D eigenvalue weighted by molar-refractivity contribution is 0.0188. The Hall–Kier alpha value is -12.9. The Morgan fingerprint density at radius 3 is 1.07 bits per heavy atom. The van der Waals surface area contributed by atoms with E-state index in [-0.39, 0.29) is 65.8 Å². The van der Waals surface area contributed by atoms with Crippen LogP contribution in [0.4, 0.5) is 62.1 Å². The quantitative estimate of drug-likeness (QED) is 0.0262. The summed E-state index contributed by atoms with van der Waals surface area (Å²) >= 11 is 5.73. The van der Waals surface area contributed by atoms with Crippen molar-refractivity contribution in [3.05, 3.63) is 216 Å². The Bertz CT molecular complexity index is 5120. The Labute approximate surface area is 775 Å². The smallest absolute Gasteiger partial charge is 0.410 e. The SMILES string of the molecule is C=C=C.CC(C)(C)OC(=O)N1CCCC(c2cccc(C(=O)O)c2)C1.CC(C)(C)OC(=O)N1CCCC(c2cccc(N)c2)C1.CN.CNC(=O)Nc1cccc(C2CCCN(C(=O)OC(C)(C)C)C2)c1.CNC(=O)Nc1cccc(C2CCCN(C(=O)OC(C)(C)C)C2)c1.CNC(=O)Nc1cccc(C2CCCN(c3ncnc4[nH]ccc34)C2)c1.Clc1ncnc2[nH]ccc12. The summed E-state index contributed by atoms with van der Waals surface area (Å²) in [6.07, 6.45) is 15.8. The molecule has 33 heteroatoms. The van der Waals surface area contributed by atoms with Crippen molar-refractivity contribution in [3.63, 3.8) is 0 Å². The first-order chi connectivity index (χ1) is 62.2. The molecule has 32 nitrogen and oxygen atoms in total. The van der Waals surface area contributed by atoms with Crippen LogP contribution in [0.1, 0.15) is 215 Å². The molecule has 5 unspecified atom stereocenters. The second-order valence-corrected chi connectivity index (χ2v) is 36.4. The zero-order valence-corrected chi connectivity index (χ0v) is 79.6. The number of halogens is 1. The minimum atomic E-state index is -0.929. The minimum absolute atomic E-state index is 0.153. The maximum Gasteiger partial charge on any atom is 0.410 e. The van der Waals surface area contributed by atoms with Crippen molar-refractivity contribution >= 4 is 111 Å². The number of hydrogen-bond donors (Lipinski definition) is 11. The third-order valence-corrected chi connectivity index (χ3v) is 21.5. The first kappa shape index (κ1) is 105. The highest BCUT2D eigenvalue weighted by Crippen LogP contribution is 2.37. The molecule has 0 saturated carbocycles. The molecule has 131 heavy (non-hydrogen) atoms. The zero-order chi connectivity index (χ0) is 96.2. The summed E-state index contributed by atoms with van der Waals surface area (Å²) in [4.78, 5) is 126. The lowest BCUT2D eigenvalue weighted by Crippen LogP contribution is -2.42. The molecule has 0 radical (unpaired) electrons. The van der Waals surface area contributed by atoms with E-state index in [4.69, 9.17) is 41.4 Å². The van der Waals surface area contributed by atoms with Crippen molar-refractivity contribution in [2.45, 2.75) is 199 Å². The van der Waals surface area contributed by atoms with Crippen molar-refractivity contribution in [2.75, 3.05) is 120 Å². The van der Waals surface area contributed by atoms with Gasteiger partial charge in [0.2, 0.25) is 0 Å². The van der Waals surface area contributed by atoms with Crippen LogP contribution in [-0.4, -0.2) is 219 Å². The lowest BCUT2D eigenvalue weighted by Gasteiger charge is -2.34. The first-order valence-corrected chi connectivity index (χ1v) is 44.8. The van der Waals surface area contributed by atoms with Crippen LogP contribution in [0.5, 0.6) is 0 Å². The van der Waals surface area contributed by atoms with Crippen LogP contribution in [0.25, 0.3) is 22.1 Å². The van der Waals surface area contributed by atoms with Gasteiger partial charge in [0.25, 0.3) is 0 Å². The minimum Gasteiger partial charge on any atom is -0.478 e. The van der Waals surface area contributed by atoms with Crippen molar-refractivity contribution < 1.29 is 62.4 Å². The summed E-state index contributed by atoms with van der Waals surface area (Å²) in [7, 11) is 6.28. The zero-order valence-electron chi connectivity index (χ0n) is 78.9. The van der Waals surface area contributed by atoms with Gasteiger partial charge in [0.1, 0.15) is 57.3 Å². The number of likely N-dealkylation sites (tertiary alicyclic amines) is 4. The Morgan fingerprint density at radius 1 is 0.427 bits per heavy atom. The number of aromatic nitrogens is 6. The second kappa shape index (κ2) is 50.9. The number of nitrogens with one attached hydrogen (secondary N) is 8. The third kappa shape index (κ3) is 35.5. The largest absolute Gasteiger partial charge is 0.478 e. The number of carboxylic acid groups (broad SMARTS) is 1. The van der Waals surface area contributed by atoms with Crippen molar-refractivity contribution in [1.29, 1.82) is 0 Å². The topological polar surface area (TPSA) is 417 Å². The van der Waals surface area contributed by atoms with Crippen LogP contribution in [-0.2, 0) is 18.9 Å². The summed E-state index contributed by atoms with van der Waals surface area (Å²) < 4.78 is 21.8. The average molecular weight is 1820 g/mol. The summed E-state index contributed by atoms with van der Waals surface area (Å²) in [6, 6.07) is 41.8. The van der Waals surface area contributed by atoms with Crippen LogP contribution >= 0.6 is 11.6 Å². The number of nitrogen functional groups attached to an aromatic ring is 1. The highest BCUT2D eigenvalue weighted by molar-refractivity contribution is 6.33. The fourth-order valence-electron chi connectivity index (χ4n) is 15.3. The summed E-state index contributed by atoms with van der Waals surface area (Å²) in [5, 5.41) is 27.6. The summed E-state index contributed by atoms with van der Waals surface area (Å²) in [5.41, 5.74) is 21.3. The van der Waals surface area contributed by atoms with Gasteiger partial charge in [-0.15, -0.1) is 5.73 Å². The number of nitrogens with two attached hydrogens (primary N) is 2. The molecule has 5 aliphatic heterocycles. The number of anilines is 5. The highest BCUT2D eigenvalue weighted by atomic mass is 35.5. The van der Waals surface area contributed by atoms with Gasteiger partial charge < -0.3 is 102 Å². The number of H-pyrrole nitrogens is 2. The fourth-order valence-corrected chi connectivity index (χ4v) is 15.5. The molecule has 708 valence electrons. The van der Waals surface area contributed by atoms with Crippen LogP contribution in [0.15, 0.2) is 177 Å². The molecule has 10 amide bonds. The maximum absolute atomic E-state index is 12.3. The molecule has 5 aromatic carbocycles. The van der Waals surface area contributed by atoms with Gasteiger partial charge >= 0.3 is 48.4 Å². The van der Waals surface area contributed by atoms with Gasteiger partial charge in [-0.3, -0.25) is 0 Å². The molecule has 9 aromatic rings. The fraction of sp³-hybridized carbons (Fsp3) is 0.459. The highest BCUT2D eigenvalue weighted by Gasteiger charge is 2.34. The number of hydrogen-bond acceptors (Lipinski definition) is 19. The monoisotopic (exact) mass is 1820 g/mol. The van der Waals surface area contributed by atoms with E-state index in [2.05, 4.69) is 110 Å². The van der Waals surface area contributed by atoms with Gasteiger partial charge in [-0.2, -0.15) is 0 Å². The number of aromatic amines is 2. The van der Waals surface area contributed by atoms with E-state index in [1.54, 1.807) is 66.6 Å². The van der Waals surface area contributed by atoms with E-state index >= 15 is 0 Å². The van der Waals surface area contributed by atoms with E-state index in [1.807, 2.05) is 191 Å². The second-order valence-electron chi connectivity index (χ2n) is 36.0. The Kier molecular flexibility index (Phi) is 40.8. The van der Waals surface area contributed by atoms with Crippen LogP contribution in [0.2, 0.25) is 5.15 Å². The molecule has 0 aliphatic carbocycles. The predicted octanol–water partition coefficient (Wildman–Crippen LogP) is 19.2. The van der Waals surface area contributed by atoms with Gasteiger partial charge in [0.05, 0.1) is 16.3 Å². The lowest BCUT2D eigenvalue weighted by atomic mass is 9.90. The molecular formula is C98H136ClN19O13. The number of benzene rings is 5. The molecule has 0 bridgehead atoms. The van der Waals surface area contributed by atoms with Crippen LogP contribution in [0.3, 0.4) is 0 Å². The molecule has 5 saturated heterocycles. The van der Waals surface area contributed by atoms with E-state index in [0.29, 0.717) is 49.7 Å². The van der Waals surface area contributed by atoms with E-state index in [0.717, 1.165) is 164 Å². The molecule has 5 fully saturated rings. The number of aromatic carboxylic acids is 1. The van der Waals surface area contributed by atoms with E-state index in [9.17, 15) is 38.4 Å². The molecule has 4 aromatic heterocycles. The first-order valence-electron chi connectivity index (χ1n) is 44.4. The van der Waals surface area contributed by atoms with Crippen LogP contribution in [0, 0.1) is 0 Å². The van der Waals surface area contributed by atoms with Crippen LogP contribution < -0.4 is 48.3 Å². The van der Waals surface area contributed by atoms with Crippen molar-refractivity contribution in [2.24, 2.45) is 5.73 Å². The number of ether oxygens (including phenoxy) is 4. The number of amides is 10. The number of urea groups is 3. The van der Waals surface area contributed by atoms with Gasteiger partial charge in [-0.05, 0) is 255 Å². The molecule has 14 rings (SSSR count). The van der Waals surface area contributed by atoms with Gasteiger partial charge in [0, 0.05) is 151 Å². The number of nitrogens with zero attached hydrogens (tertiary/aromatic N) is 9. The average Bonchev–Trinajstić information content (AvgIpc) is 1.69. The molecule has 9 heterocycles. The van der Waals surface area contributed by atoms with Crippen molar-refractivity contribution in [1.82, 2.24) is 65.5 Å². The maximum atomic E-state index is 12.3. The Balaban J connectivity index is 0.000000215. The number of carbonyl (C=O) groups excluding carboxylic acids is 7. The third-order valence-electron chi connectivity index (χ3n) is 21.2. The number of carbonyl (C=O) groups is 8. The predicted molar refractivity (Wildman–Crippen MR) is 519 cm³/mol. The number of fused-ring (bicyclic) bond motifs is 2. The Morgan fingerprint density at radius 2 is 0.733 bits per heavy atom. The number of rotatable bonds is 10.